The van der Waals surface area contributed by atoms with E-state index >= 15 is 0 Å². The van der Waals surface area contributed by atoms with Crippen LogP contribution in [0.25, 0.3) is 0 Å². The number of amides is 1. The summed E-state index contributed by atoms with van der Waals surface area (Å²) >= 11 is 0. The number of carbonyl (C=O) groups excluding carboxylic acids is 2. The molecule has 0 aliphatic rings. The van der Waals surface area contributed by atoms with Crippen molar-refractivity contribution in [2.45, 2.75) is 26.5 Å². The molecule has 0 bridgehead atoms. The van der Waals surface area contributed by atoms with E-state index in [0.29, 0.717) is 17.9 Å². The van der Waals surface area contributed by atoms with Crippen LogP contribution in [0.5, 0.6) is 0 Å². The molecule has 5 nitrogen and oxygen atoms in total. The van der Waals surface area contributed by atoms with E-state index in [1.54, 1.807) is 38.3 Å². The maximum absolute atomic E-state index is 12.3. The first-order valence-electron chi connectivity index (χ1n) is 7.76. The van der Waals surface area contributed by atoms with Crippen molar-refractivity contribution in [1.29, 1.82) is 0 Å². The Labute approximate surface area is 142 Å². The van der Waals surface area contributed by atoms with Crippen molar-refractivity contribution in [3.8, 4) is 0 Å². The Kier molecular flexibility index (Phi) is 6.09. The van der Waals surface area contributed by atoms with Crippen molar-refractivity contribution in [3.63, 3.8) is 0 Å². The van der Waals surface area contributed by atoms with Crippen LogP contribution in [0.1, 0.15) is 29.8 Å². The highest BCUT2D eigenvalue weighted by Gasteiger charge is 2.13. The van der Waals surface area contributed by atoms with E-state index in [4.69, 9.17) is 4.74 Å². The largest absolute Gasteiger partial charge is 0.380 e. The Balaban J connectivity index is 2.00. The quantitative estimate of drug-likeness (QED) is 0.765. The molecule has 0 aromatic heterocycles. The first kappa shape index (κ1) is 17.7. The number of methoxy groups -OCH3 is 1. The number of nitrogens with one attached hydrogen (secondary N) is 2. The predicted octanol–water partition coefficient (Wildman–Crippen LogP) is 3.47. The highest BCUT2D eigenvalue weighted by molar-refractivity contribution is 5.99. The Hall–Kier alpha value is -2.66. The van der Waals surface area contributed by atoms with Gasteiger partial charge in [0.1, 0.15) is 6.04 Å². The molecule has 0 radical (unpaired) electrons. The molecule has 1 atom stereocenters. The third-order valence-corrected chi connectivity index (χ3v) is 3.55. The Morgan fingerprint density at radius 2 is 1.79 bits per heavy atom. The number of rotatable bonds is 7. The lowest BCUT2D eigenvalue weighted by Gasteiger charge is -2.16. The molecular weight excluding hydrogens is 304 g/mol. The molecule has 2 N–H and O–H groups in total. The topological polar surface area (TPSA) is 67.4 Å². The summed E-state index contributed by atoms with van der Waals surface area (Å²) in [5, 5.41) is 5.98. The number of hydrogen-bond donors (Lipinski definition) is 2. The molecule has 2 aromatic rings. The first-order chi connectivity index (χ1) is 11.5. The first-order valence-corrected chi connectivity index (χ1v) is 7.76. The van der Waals surface area contributed by atoms with E-state index in [9.17, 15) is 9.59 Å². The van der Waals surface area contributed by atoms with E-state index in [0.717, 1.165) is 11.3 Å². The Morgan fingerprint density at radius 3 is 2.50 bits per heavy atom. The maximum atomic E-state index is 12.3. The van der Waals surface area contributed by atoms with Crippen LogP contribution in [0, 0.1) is 0 Å². The van der Waals surface area contributed by atoms with Gasteiger partial charge in [0.15, 0.2) is 5.78 Å². The van der Waals surface area contributed by atoms with Crippen LogP contribution in [0.4, 0.5) is 11.4 Å². The van der Waals surface area contributed by atoms with Gasteiger partial charge in [-0.1, -0.05) is 24.3 Å². The molecule has 2 rings (SSSR count). The van der Waals surface area contributed by atoms with Gasteiger partial charge in [-0.15, -0.1) is 0 Å². The molecule has 1 amide bonds. The van der Waals surface area contributed by atoms with Gasteiger partial charge in [-0.2, -0.15) is 0 Å². The number of carbonyl (C=O) groups is 2. The third-order valence-electron chi connectivity index (χ3n) is 3.55. The van der Waals surface area contributed by atoms with E-state index in [2.05, 4.69) is 10.6 Å². The van der Waals surface area contributed by atoms with Crippen LogP contribution in [-0.4, -0.2) is 24.8 Å². The van der Waals surface area contributed by atoms with Gasteiger partial charge in [0, 0.05) is 24.0 Å². The van der Waals surface area contributed by atoms with Crippen LogP contribution in [0.2, 0.25) is 0 Å². The molecule has 24 heavy (non-hydrogen) atoms. The minimum atomic E-state index is -0.427. The highest BCUT2D eigenvalue weighted by Crippen LogP contribution is 2.15. The Bertz CT molecular complexity index is 728. The predicted molar refractivity (Wildman–Crippen MR) is 95.3 cm³/mol. The monoisotopic (exact) mass is 326 g/mol. The number of hydrogen-bond acceptors (Lipinski definition) is 4. The lowest BCUT2D eigenvalue weighted by atomic mass is 10.1. The van der Waals surface area contributed by atoms with Crippen molar-refractivity contribution in [1.82, 2.24) is 0 Å². The zero-order chi connectivity index (χ0) is 17.5. The molecule has 5 heteroatoms. The minimum absolute atomic E-state index is 0.0350. The molecule has 126 valence electrons. The average molecular weight is 326 g/mol. The zero-order valence-electron chi connectivity index (χ0n) is 14.1. The summed E-state index contributed by atoms with van der Waals surface area (Å²) in [6.45, 7) is 3.80. The summed E-state index contributed by atoms with van der Waals surface area (Å²) in [7, 11) is 1.64. The van der Waals surface area contributed by atoms with E-state index in [1.807, 2.05) is 24.3 Å². The number of benzene rings is 2. The molecule has 0 heterocycles. The van der Waals surface area contributed by atoms with E-state index < -0.39 is 6.04 Å². The van der Waals surface area contributed by atoms with Gasteiger partial charge >= 0.3 is 0 Å². The number of anilines is 2. The summed E-state index contributed by atoms with van der Waals surface area (Å²) in [6.07, 6.45) is 0. The van der Waals surface area contributed by atoms with Crippen LogP contribution in [0.3, 0.4) is 0 Å². The second kappa shape index (κ2) is 8.26. The Morgan fingerprint density at radius 1 is 1.08 bits per heavy atom. The van der Waals surface area contributed by atoms with Crippen LogP contribution in [-0.2, 0) is 16.1 Å². The van der Waals surface area contributed by atoms with Gasteiger partial charge < -0.3 is 15.4 Å². The third kappa shape index (κ3) is 4.93. The van der Waals surface area contributed by atoms with Gasteiger partial charge in [-0.05, 0) is 43.7 Å². The van der Waals surface area contributed by atoms with Crippen molar-refractivity contribution in [2.24, 2.45) is 0 Å². The van der Waals surface area contributed by atoms with Gasteiger partial charge in [0.2, 0.25) is 5.91 Å². The minimum Gasteiger partial charge on any atom is -0.380 e. The molecule has 2 aromatic carbocycles. The summed E-state index contributed by atoms with van der Waals surface area (Å²) in [6, 6.07) is 14.2. The second-order valence-corrected chi connectivity index (χ2v) is 5.63. The van der Waals surface area contributed by atoms with Gasteiger partial charge in [0.05, 0.1) is 6.61 Å². The number of ether oxygens (including phenoxy) is 1. The number of Topliss-reactive ketones (excluding diaryl/α,β-unsaturated/α-hetero) is 1. The fraction of sp³-hybridized carbons (Fsp3) is 0.263. The highest BCUT2D eigenvalue weighted by atomic mass is 16.5. The number of ketones is 1. The van der Waals surface area contributed by atoms with Gasteiger partial charge in [-0.3, -0.25) is 9.59 Å². The van der Waals surface area contributed by atoms with Crippen LogP contribution >= 0.6 is 0 Å². The molecule has 0 fully saturated rings. The lowest BCUT2D eigenvalue weighted by Crippen LogP contribution is -2.31. The normalized spacial score (nSPS) is 11.6. The fourth-order valence-electron chi connectivity index (χ4n) is 2.30. The van der Waals surface area contributed by atoms with E-state index in [-0.39, 0.29) is 11.7 Å². The van der Waals surface area contributed by atoms with Crippen LogP contribution in [0.15, 0.2) is 48.5 Å². The SMILES string of the molecule is COCc1cccc(NC(C)C(=O)Nc2cccc(C(C)=O)c2)c1. The molecule has 0 saturated heterocycles. The summed E-state index contributed by atoms with van der Waals surface area (Å²) in [5.41, 5.74) is 3.06. The molecule has 0 aliphatic carbocycles. The standard InChI is InChI=1S/C19H22N2O3/c1-13(20-17-8-4-6-15(10-17)12-24-3)19(23)21-18-9-5-7-16(11-18)14(2)22/h4-11,13,20H,12H2,1-3H3,(H,21,23). The van der Waals surface area contributed by atoms with Crippen molar-refractivity contribution >= 4 is 23.1 Å². The average Bonchev–Trinajstić information content (AvgIpc) is 2.55. The lowest BCUT2D eigenvalue weighted by molar-refractivity contribution is -0.116. The van der Waals surface area contributed by atoms with Crippen molar-refractivity contribution < 1.29 is 14.3 Å². The molecular formula is C19H22N2O3. The summed E-state index contributed by atoms with van der Waals surface area (Å²) < 4.78 is 5.11. The van der Waals surface area contributed by atoms with Crippen LogP contribution < -0.4 is 10.6 Å². The molecule has 0 saturated carbocycles. The van der Waals surface area contributed by atoms with Crippen molar-refractivity contribution in [3.05, 3.63) is 59.7 Å². The smallest absolute Gasteiger partial charge is 0.246 e. The summed E-state index contributed by atoms with van der Waals surface area (Å²) in [5.74, 6) is -0.208. The molecule has 1 unspecified atom stereocenters. The molecule has 0 aliphatic heterocycles. The summed E-state index contributed by atoms with van der Waals surface area (Å²) in [4.78, 5) is 23.7. The maximum Gasteiger partial charge on any atom is 0.246 e. The zero-order valence-corrected chi connectivity index (χ0v) is 14.1. The van der Waals surface area contributed by atoms with Gasteiger partial charge in [0.25, 0.3) is 0 Å². The van der Waals surface area contributed by atoms with E-state index in [1.165, 1.54) is 6.92 Å². The fourth-order valence-corrected chi connectivity index (χ4v) is 2.30. The van der Waals surface area contributed by atoms with Crippen molar-refractivity contribution in [2.75, 3.05) is 17.7 Å². The molecule has 0 spiro atoms. The van der Waals surface area contributed by atoms with Gasteiger partial charge in [-0.25, -0.2) is 0 Å². The second-order valence-electron chi connectivity index (χ2n) is 5.63.